The van der Waals surface area contributed by atoms with Crippen LogP contribution in [0.5, 0.6) is 0 Å². The molecule has 0 aliphatic carbocycles. The number of nitriles is 1. The van der Waals surface area contributed by atoms with Crippen LogP contribution in [-0.2, 0) is 15.8 Å². The fraction of sp³-hybridized carbons (Fsp3) is 0.400. The summed E-state index contributed by atoms with van der Waals surface area (Å²) in [6.07, 6.45) is -6.36. The lowest BCUT2D eigenvalue weighted by molar-refractivity contribution is -0.137. The number of hydrogen-bond donors (Lipinski definition) is 3. The molecule has 0 fully saturated rings. The third-order valence-corrected chi connectivity index (χ3v) is 3.39. The zero-order valence-corrected chi connectivity index (χ0v) is 12.7. The van der Waals surface area contributed by atoms with E-state index in [9.17, 15) is 27.9 Å². The van der Waals surface area contributed by atoms with E-state index in [0.29, 0.717) is 0 Å². The number of carbonyl (C=O) groups excluding carboxylic acids is 2. The molecular formula is C15H16F3N3O3. The average Bonchev–Trinajstić information content (AvgIpc) is 2.50. The Kier molecular flexibility index (Phi) is 6.31. The number of aliphatic hydroxyl groups excluding tert-OH is 1. The van der Waals surface area contributed by atoms with E-state index >= 15 is 0 Å². The minimum atomic E-state index is -4.53. The van der Waals surface area contributed by atoms with Crippen LogP contribution < -0.4 is 11.1 Å². The molecule has 0 aliphatic rings. The number of carbonyl (C=O) groups is 2. The first-order valence-electron chi connectivity index (χ1n) is 6.89. The maximum atomic E-state index is 12.5. The number of halogens is 3. The zero-order valence-electron chi connectivity index (χ0n) is 12.7. The van der Waals surface area contributed by atoms with Gasteiger partial charge in [-0.3, -0.25) is 9.59 Å². The highest BCUT2D eigenvalue weighted by Crippen LogP contribution is 2.30. The first kappa shape index (κ1) is 19.4. The number of nitrogens with zero attached hydrogens (tertiary/aromatic N) is 1. The van der Waals surface area contributed by atoms with Crippen LogP contribution in [0.4, 0.5) is 13.2 Å². The van der Waals surface area contributed by atoms with E-state index in [0.717, 1.165) is 24.3 Å². The predicted molar refractivity (Wildman–Crippen MR) is 76.9 cm³/mol. The number of benzene rings is 1. The Balaban J connectivity index is 2.86. The molecule has 1 aromatic rings. The number of nitrogens with two attached hydrogens (primary N) is 1. The molecule has 0 saturated carbocycles. The molecule has 130 valence electrons. The monoisotopic (exact) mass is 343 g/mol. The SMILES string of the molecule is C[C@H](CC#N)[C@H](NC(=O)[C@@H](O)c1ccc(C(F)(F)F)cc1)C(N)=O. The quantitative estimate of drug-likeness (QED) is 0.721. The molecule has 0 radical (unpaired) electrons. The smallest absolute Gasteiger partial charge is 0.378 e. The van der Waals surface area contributed by atoms with Crippen molar-refractivity contribution in [2.45, 2.75) is 31.7 Å². The van der Waals surface area contributed by atoms with Crippen molar-refractivity contribution in [1.29, 1.82) is 5.26 Å². The number of aliphatic hydroxyl groups is 1. The summed E-state index contributed by atoms with van der Waals surface area (Å²) < 4.78 is 37.4. The second-order valence-electron chi connectivity index (χ2n) is 5.25. The van der Waals surface area contributed by atoms with Crippen molar-refractivity contribution < 1.29 is 27.9 Å². The molecule has 1 rings (SSSR count). The second-order valence-corrected chi connectivity index (χ2v) is 5.25. The number of alkyl halides is 3. The van der Waals surface area contributed by atoms with Crippen LogP contribution in [0.1, 0.15) is 30.6 Å². The van der Waals surface area contributed by atoms with Crippen molar-refractivity contribution in [1.82, 2.24) is 5.32 Å². The van der Waals surface area contributed by atoms with E-state index in [2.05, 4.69) is 5.32 Å². The molecule has 0 saturated heterocycles. The number of rotatable bonds is 6. The Morgan fingerprint density at radius 1 is 1.33 bits per heavy atom. The van der Waals surface area contributed by atoms with Crippen molar-refractivity contribution in [3.05, 3.63) is 35.4 Å². The van der Waals surface area contributed by atoms with Gasteiger partial charge in [-0.2, -0.15) is 18.4 Å². The van der Waals surface area contributed by atoms with E-state index in [4.69, 9.17) is 11.0 Å². The minimum Gasteiger partial charge on any atom is -0.378 e. The van der Waals surface area contributed by atoms with Crippen molar-refractivity contribution in [2.24, 2.45) is 11.7 Å². The van der Waals surface area contributed by atoms with Gasteiger partial charge < -0.3 is 16.2 Å². The van der Waals surface area contributed by atoms with Gasteiger partial charge in [0.25, 0.3) is 5.91 Å². The van der Waals surface area contributed by atoms with Crippen LogP contribution in [0, 0.1) is 17.2 Å². The fourth-order valence-corrected chi connectivity index (χ4v) is 1.99. The summed E-state index contributed by atoms with van der Waals surface area (Å²) in [4.78, 5) is 23.3. The molecule has 4 N–H and O–H groups in total. The third kappa shape index (κ3) is 4.96. The third-order valence-electron chi connectivity index (χ3n) is 3.39. The van der Waals surface area contributed by atoms with Gasteiger partial charge in [0, 0.05) is 6.42 Å². The van der Waals surface area contributed by atoms with E-state index in [1.165, 1.54) is 6.92 Å². The molecule has 24 heavy (non-hydrogen) atoms. The van der Waals surface area contributed by atoms with Crippen LogP contribution in [0.15, 0.2) is 24.3 Å². The summed E-state index contributed by atoms with van der Waals surface area (Å²) in [5, 5.41) is 20.7. The highest BCUT2D eigenvalue weighted by atomic mass is 19.4. The van der Waals surface area contributed by atoms with Crippen molar-refractivity contribution in [3.8, 4) is 6.07 Å². The Morgan fingerprint density at radius 3 is 2.29 bits per heavy atom. The van der Waals surface area contributed by atoms with Crippen LogP contribution in [-0.4, -0.2) is 23.0 Å². The molecule has 0 unspecified atom stereocenters. The van der Waals surface area contributed by atoms with E-state index in [1.807, 2.05) is 6.07 Å². The number of primary amides is 1. The maximum absolute atomic E-state index is 12.5. The van der Waals surface area contributed by atoms with E-state index < -0.39 is 41.6 Å². The van der Waals surface area contributed by atoms with Crippen molar-refractivity contribution in [2.75, 3.05) is 0 Å². The van der Waals surface area contributed by atoms with Gasteiger partial charge >= 0.3 is 6.18 Å². The first-order chi connectivity index (χ1) is 11.1. The number of amides is 2. The Hall–Kier alpha value is -2.60. The molecular weight excluding hydrogens is 327 g/mol. The lowest BCUT2D eigenvalue weighted by atomic mass is 9.97. The number of nitrogens with one attached hydrogen (secondary N) is 1. The molecule has 0 bridgehead atoms. The second kappa shape index (κ2) is 7.79. The first-order valence-corrected chi connectivity index (χ1v) is 6.89. The Labute approximate surface area is 136 Å². The summed E-state index contributed by atoms with van der Waals surface area (Å²) in [7, 11) is 0. The highest BCUT2D eigenvalue weighted by Gasteiger charge is 2.31. The summed E-state index contributed by atoms with van der Waals surface area (Å²) >= 11 is 0. The van der Waals surface area contributed by atoms with Gasteiger partial charge in [-0.25, -0.2) is 0 Å². The molecule has 2 amide bonds. The average molecular weight is 343 g/mol. The predicted octanol–water partition coefficient (Wildman–Crippen LogP) is 1.26. The van der Waals surface area contributed by atoms with Gasteiger partial charge in [0.2, 0.25) is 5.91 Å². The van der Waals surface area contributed by atoms with Gasteiger partial charge in [-0.15, -0.1) is 0 Å². The lowest BCUT2D eigenvalue weighted by Crippen LogP contribution is -2.49. The van der Waals surface area contributed by atoms with Gasteiger partial charge in [0.1, 0.15) is 6.04 Å². The summed E-state index contributed by atoms with van der Waals surface area (Å²) in [6, 6.07) is 4.04. The maximum Gasteiger partial charge on any atom is 0.416 e. The van der Waals surface area contributed by atoms with Crippen LogP contribution >= 0.6 is 0 Å². The zero-order chi connectivity index (χ0) is 18.5. The molecule has 3 atom stereocenters. The standard InChI is InChI=1S/C15H16F3N3O3/c1-8(6-7-19)11(13(20)23)21-14(24)12(22)9-2-4-10(5-3-9)15(16,17)18/h2-5,8,11-12,22H,6H2,1H3,(H2,20,23)(H,21,24)/t8-,11+,12+/m1/s1. The lowest BCUT2D eigenvalue weighted by Gasteiger charge is -2.22. The molecule has 6 nitrogen and oxygen atoms in total. The van der Waals surface area contributed by atoms with E-state index in [1.54, 1.807) is 0 Å². The van der Waals surface area contributed by atoms with Gasteiger partial charge in [0.05, 0.1) is 11.6 Å². The molecule has 1 aromatic carbocycles. The largest absolute Gasteiger partial charge is 0.416 e. The molecule has 0 aromatic heterocycles. The van der Waals surface area contributed by atoms with Gasteiger partial charge in [0.15, 0.2) is 6.10 Å². The summed E-state index contributed by atoms with van der Waals surface area (Å²) in [5.74, 6) is -2.47. The van der Waals surface area contributed by atoms with Crippen LogP contribution in [0.3, 0.4) is 0 Å². The highest BCUT2D eigenvalue weighted by molar-refractivity contribution is 5.89. The van der Waals surface area contributed by atoms with Crippen molar-refractivity contribution in [3.63, 3.8) is 0 Å². The van der Waals surface area contributed by atoms with Crippen molar-refractivity contribution >= 4 is 11.8 Å². The van der Waals surface area contributed by atoms with Crippen LogP contribution in [0.2, 0.25) is 0 Å². The Bertz CT molecular complexity index is 638. The molecule has 0 spiro atoms. The summed E-state index contributed by atoms with van der Waals surface area (Å²) in [5.41, 5.74) is 4.16. The molecule has 9 heteroatoms. The minimum absolute atomic E-state index is 0.0513. The van der Waals surface area contributed by atoms with Gasteiger partial charge in [-0.05, 0) is 23.6 Å². The van der Waals surface area contributed by atoms with E-state index in [-0.39, 0.29) is 12.0 Å². The molecule has 0 aliphatic heterocycles. The molecule has 0 heterocycles. The number of hydrogen-bond acceptors (Lipinski definition) is 4. The Morgan fingerprint density at radius 2 is 1.88 bits per heavy atom. The fourth-order valence-electron chi connectivity index (χ4n) is 1.99. The van der Waals surface area contributed by atoms with Gasteiger partial charge in [-0.1, -0.05) is 19.1 Å². The normalized spacial score (nSPS) is 15.0. The topological polar surface area (TPSA) is 116 Å². The summed E-state index contributed by atoms with van der Waals surface area (Å²) in [6.45, 7) is 1.52. The van der Waals surface area contributed by atoms with Crippen LogP contribution in [0.25, 0.3) is 0 Å².